The Kier molecular flexibility index (Phi) is 3.20. The van der Waals surface area contributed by atoms with Gasteiger partial charge >= 0.3 is 11.9 Å². The highest BCUT2D eigenvalue weighted by Gasteiger charge is 2.85. The van der Waals surface area contributed by atoms with Crippen molar-refractivity contribution >= 4 is 11.9 Å². The first-order valence-electron chi connectivity index (χ1n) is 8.22. The molecule has 124 valence electrons. The van der Waals surface area contributed by atoms with Gasteiger partial charge in [-0.05, 0) is 45.4 Å². The summed E-state index contributed by atoms with van der Waals surface area (Å²) in [5, 5.41) is 0. The highest BCUT2D eigenvalue weighted by molar-refractivity contribution is 5.83. The summed E-state index contributed by atoms with van der Waals surface area (Å²) in [5.41, 5.74) is -1.64. The SMILES string of the molecule is CCOC(=O)[C@]12[C@@H]3CC[C@@]1(C)CC[C@@]2(OC(C)=O)OC3(C)C. The van der Waals surface area contributed by atoms with Crippen molar-refractivity contribution in [1.29, 1.82) is 0 Å². The van der Waals surface area contributed by atoms with Crippen LogP contribution in [0.2, 0.25) is 0 Å². The molecule has 0 unspecified atom stereocenters. The Bertz CT molecular complexity index is 527. The monoisotopic (exact) mass is 310 g/mol. The van der Waals surface area contributed by atoms with E-state index in [1.807, 2.05) is 20.8 Å². The van der Waals surface area contributed by atoms with E-state index in [9.17, 15) is 9.59 Å². The number of rotatable bonds is 3. The third-order valence-electron chi connectivity index (χ3n) is 6.24. The number of carbonyl (C=O) groups is 2. The Morgan fingerprint density at radius 1 is 1.18 bits per heavy atom. The van der Waals surface area contributed by atoms with Crippen LogP contribution in [0.5, 0.6) is 0 Å². The Morgan fingerprint density at radius 2 is 1.86 bits per heavy atom. The summed E-state index contributed by atoms with van der Waals surface area (Å²) in [7, 11) is 0. The first-order chi connectivity index (χ1) is 10.2. The largest absolute Gasteiger partial charge is 0.465 e. The lowest BCUT2D eigenvalue weighted by atomic mass is 9.61. The Balaban J connectivity index is 2.20. The topological polar surface area (TPSA) is 61.8 Å². The minimum absolute atomic E-state index is 0.00546. The number of ether oxygens (including phenoxy) is 3. The van der Waals surface area contributed by atoms with E-state index >= 15 is 0 Å². The molecular weight excluding hydrogens is 284 g/mol. The van der Waals surface area contributed by atoms with Crippen LogP contribution in [0.25, 0.3) is 0 Å². The van der Waals surface area contributed by atoms with Crippen molar-refractivity contribution in [3.8, 4) is 0 Å². The average molecular weight is 310 g/mol. The molecule has 22 heavy (non-hydrogen) atoms. The molecule has 5 nitrogen and oxygen atoms in total. The van der Waals surface area contributed by atoms with E-state index in [0.29, 0.717) is 13.0 Å². The molecule has 1 aliphatic heterocycles. The molecule has 2 aliphatic carbocycles. The lowest BCUT2D eigenvalue weighted by Gasteiger charge is -2.42. The summed E-state index contributed by atoms with van der Waals surface area (Å²) in [4.78, 5) is 24.9. The van der Waals surface area contributed by atoms with Gasteiger partial charge in [0.1, 0.15) is 5.41 Å². The second kappa shape index (κ2) is 4.47. The molecule has 5 heteroatoms. The quantitative estimate of drug-likeness (QED) is 0.750. The highest BCUT2D eigenvalue weighted by atomic mass is 16.7. The first kappa shape index (κ1) is 15.8. The fourth-order valence-corrected chi connectivity index (χ4v) is 5.65. The van der Waals surface area contributed by atoms with E-state index in [-0.39, 0.29) is 17.3 Å². The van der Waals surface area contributed by atoms with Crippen molar-refractivity contribution in [2.75, 3.05) is 6.61 Å². The molecule has 0 radical (unpaired) electrons. The van der Waals surface area contributed by atoms with Crippen LogP contribution in [0.4, 0.5) is 0 Å². The van der Waals surface area contributed by atoms with Gasteiger partial charge in [0, 0.05) is 19.3 Å². The molecule has 0 N–H and O–H groups in total. The Labute approximate surface area is 131 Å². The van der Waals surface area contributed by atoms with Crippen LogP contribution < -0.4 is 0 Å². The molecule has 0 aromatic heterocycles. The van der Waals surface area contributed by atoms with Gasteiger partial charge in [-0.15, -0.1) is 0 Å². The van der Waals surface area contributed by atoms with E-state index < -0.39 is 22.8 Å². The van der Waals surface area contributed by atoms with E-state index in [1.54, 1.807) is 0 Å². The molecule has 0 aromatic carbocycles. The van der Waals surface area contributed by atoms with Crippen LogP contribution >= 0.6 is 0 Å². The van der Waals surface area contributed by atoms with Gasteiger partial charge in [-0.25, -0.2) is 0 Å². The molecule has 3 fully saturated rings. The summed E-state index contributed by atoms with van der Waals surface area (Å²) < 4.78 is 17.5. The van der Waals surface area contributed by atoms with Crippen LogP contribution in [-0.4, -0.2) is 29.9 Å². The molecule has 3 rings (SSSR count). The minimum atomic E-state index is -1.18. The first-order valence-corrected chi connectivity index (χ1v) is 8.22. The molecule has 2 saturated carbocycles. The Morgan fingerprint density at radius 3 is 2.45 bits per heavy atom. The summed E-state index contributed by atoms with van der Waals surface area (Å²) in [5.74, 6) is -1.84. The number of carbonyl (C=O) groups excluding carboxylic acids is 2. The van der Waals surface area contributed by atoms with Crippen LogP contribution in [-0.2, 0) is 23.8 Å². The molecule has 0 spiro atoms. The standard InChI is InChI=1S/C17H26O5/c1-6-20-13(19)17-12-7-8-15(17,5)9-10-16(17,21-11(2)18)22-14(12,3)4/h12H,6-10H2,1-5H3/t12-,15+,16-,17-/m1/s1. The van der Waals surface area contributed by atoms with Gasteiger partial charge in [0.05, 0.1) is 12.2 Å². The molecule has 1 saturated heterocycles. The van der Waals surface area contributed by atoms with Gasteiger partial charge in [-0.2, -0.15) is 0 Å². The van der Waals surface area contributed by atoms with Crippen molar-refractivity contribution < 1.29 is 23.8 Å². The predicted molar refractivity (Wildman–Crippen MR) is 78.8 cm³/mol. The van der Waals surface area contributed by atoms with E-state index in [4.69, 9.17) is 14.2 Å². The van der Waals surface area contributed by atoms with Crippen molar-refractivity contribution in [3.63, 3.8) is 0 Å². The van der Waals surface area contributed by atoms with E-state index in [2.05, 4.69) is 6.92 Å². The third-order valence-corrected chi connectivity index (χ3v) is 6.24. The van der Waals surface area contributed by atoms with Gasteiger partial charge in [-0.3, -0.25) is 9.59 Å². The lowest BCUT2D eigenvalue weighted by Crippen LogP contribution is -2.56. The van der Waals surface area contributed by atoms with Crippen LogP contribution in [0.3, 0.4) is 0 Å². The predicted octanol–water partition coefficient (Wildman–Crippen LogP) is 2.81. The van der Waals surface area contributed by atoms with Crippen molar-refractivity contribution in [2.45, 2.75) is 71.7 Å². The van der Waals surface area contributed by atoms with Crippen molar-refractivity contribution in [1.82, 2.24) is 0 Å². The molecule has 4 atom stereocenters. The van der Waals surface area contributed by atoms with Gasteiger partial charge < -0.3 is 14.2 Å². The number of hydrogen-bond acceptors (Lipinski definition) is 5. The minimum Gasteiger partial charge on any atom is -0.465 e. The van der Waals surface area contributed by atoms with Crippen LogP contribution in [0.15, 0.2) is 0 Å². The highest BCUT2D eigenvalue weighted by Crippen LogP contribution is 2.77. The zero-order chi connectivity index (χ0) is 16.4. The second-order valence-electron chi connectivity index (χ2n) is 7.73. The fraction of sp³-hybridized carbons (Fsp3) is 0.882. The van der Waals surface area contributed by atoms with Gasteiger partial charge in [0.15, 0.2) is 0 Å². The second-order valence-corrected chi connectivity index (χ2v) is 7.73. The lowest BCUT2D eigenvalue weighted by molar-refractivity contribution is -0.266. The van der Waals surface area contributed by atoms with Gasteiger partial charge in [0.25, 0.3) is 0 Å². The summed E-state index contributed by atoms with van der Waals surface area (Å²) in [6.45, 7) is 9.62. The summed E-state index contributed by atoms with van der Waals surface area (Å²) >= 11 is 0. The molecular formula is C17H26O5. The third kappa shape index (κ3) is 1.58. The van der Waals surface area contributed by atoms with E-state index in [1.165, 1.54) is 6.92 Å². The molecule has 0 bridgehead atoms. The molecule has 0 aromatic rings. The van der Waals surface area contributed by atoms with E-state index in [0.717, 1.165) is 19.3 Å². The maximum atomic E-state index is 13.1. The van der Waals surface area contributed by atoms with Crippen LogP contribution in [0.1, 0.15) is 60.3 Å². The summed E-state index contributed by atoms with van der Waals surface area (Å²) in [6.07, 6.45) is 3.20. The van der Waals surface area contributed by atoms with Gasteiger partial charge in [-0.1, -0.05) is 6.92 Å². The van der Waals surface area contributed by atoms with Crippen molar-refractivity contribution in [2.24, 2.45) is 16.7 Å². The summed E-state index contributed by atoms with van der Waals surface area (Å²) in [6, 6.07) is 0. The van der Waals surface area contributed by atoms with Crippen LogP contribution in [0, 0.1) is 16.7 Å². The van der Waals surface area contributed by atoms with Gasteiger partial charge in [0.2, 0.25) is 5.79 Å². The van der Waals surface area contributed by atoms with Crippen molar-refractivity contribution in [3.05, 3.63) is 0 Å². The molecule has 1 heterocycles. The molecule has 3 aliphatic rings. The number of hydrogen-bond donors (Lipinski definition) is 0. The smallest absolute Gasteiger partial charge is 0.319 e. The zero-order valence-corrected chi connectivity index (χ0v) is 14.2. The maximum absolute atomic E-state index is 13.1. The zero-order valence-electron chi connectivity index (χ0n) is 14.2. The average Bonchev–Trinajstić information content (AvgIpc) is 2.89. The number of esters is 2. The molecule has 0 amide bonds. The maximum Gasteiger partial charge on any atom is 0.319 e. The fourth-order valence-electron chi connectivity index (χ4n) is 5.65. The Hall–Kier alpha value is -1.10. The normalized spacial score (nSPS) is 44.7.